The second-order valence-electron chi connectivity index (χ2n) is 2.55. The van der Waals surface area contributed by atoms with E-state index in [1.54, 1.807) is 28.9 Å². The van der Waals surface area contributed by atoms with Gasteiger partial charge in [0.25, 0.3) is 5.91 Å². The van der Waals surface area contributed by atoms with E-state index in [0.717, 1.165) is 0 Å². The van der Waals surface area contributed by atoms with Crippen molar-refractivity contribution in [2.45, 2.75) is 0 Å². The quantitative estimate of drug-likeness (QED) is 0.363. The van der Waals surface area contributed by atoms with Gasteiger partial charge in [-0.1, -0.05) is 0 Å². The number of hydrazine groups is 1. The van der Waals surface area contributed by atoms with Crippen molar-refractivity contribution in [1.29, 1.82) is 0 Å². The highest BCUT2D eigenvalue weighted by Crippen LogP contribution is 2.07. The third-order valence-corrected chi connectivity index (χ3v) is 1.79. The zero-order chi connectivity index (χ0) is 9.26. The second-order valence-corrected chi connectivity index (χ2v) is 2.55. The summed E-state index contributed by atoms with van der Waals surface area (Å²) >= 11 is 0. The van der Waals surface area contributed by atoms with Crippen LogP contribution in [0, 0.1) is 0 Å². The van der Waals surface area contributed by atoms with E-state index in [4.69, 9.17) is 5.84 Å². The molecule has 0 aromatic carbocycles. The minimum absolute atomic E-state index is 0.336. The Bertz CT molecular complexity index is 448. The SMILES string of the molecule is NNC(=O)c1cccn2ccnc12. The number of carbonyl (C=O) groups is 1. The predicted molar refractivity (Wildman–Crippen MR) is 46.8 cm³/mol. The number of aromatic nitrogens is 2. The van der Waals surface area contributed by atoms with Crippen molar-refractivity contribution < 1.29 is 4.79 Å². The molecule has 2 aromatic rings. The largest absolute Gasteiger partial charge is 0.306 e. The molecule has 2 heterocycles. The molecule has 66 valence electrons. The number of nitrogens with two attached hydrogens (primary N) is 1. The van der Waals surface area contributed by atoms with Crippen LogP contribution in [0.25, 0.3) is 5.65 Å². The van der Waals surface area contributed by atoms with Gasteiger partial charge in [-0.25, -0.2) is 10.8 Å². The molecular weight excluding hydrogens is 168 g/mol. The Morgan fingerprint density at radius 1 is 1.54 bits per heavy atom. The second kappa shape index (κ2) is 2.87. The van der Waals surface area contributed by atoms with E-state index in [0.29, 0.717) is 11.2 Å². The molecule has 3 N–H and O–H groups in total. The summed E-state index contributed by atoms with van der Waals surface area (Å²) in [7, 11) is 0. The van der Waals surface area contributed by atoms with Crippen LogP contribution in [0.5, 0.6) is 0 Å². The summed E-state index contributed by atoms with van der Waals surface area (Å²) in [5.74, 6) is 4.69. The molecule has 1 amide bonds. The van der Waals surface area contributed by atoms with Gasteiger partial charge in [0.05, 0.1) is 5.56 Å². The fraction of sp³-hybridized carbons (Fsp3) is 0. The molecule has 5 nitrogen and oxygen atoms in total. The number of hydrogen-bond donors (Lipinski definition) is 2. The normalized spacial score (nSPS) is 10.2. The summed E-state index contributed by atoms with van der Waals surface area (Å²) in [5, 5.41) is 0. The lowest BCUT2D eigenvalue weighted by molar-refractivity contribution is 0.0955. The highest BCUT2D eigenvalue weighted by atomic mass is 16.2. The van der Waals surface area contributed by atoms with Crippen LogP contribution >= 0.6 is 0 Å². The number of nitrogens with zero attached hydrogens (tertiary/aromatic N) is 2. The van der Waals surface area contributed by atoms with Crippen LogP contribution in [0.4, 0.5) is 0 Å². The van der Waals surface area contributed by atoms with Gasteiger partial charge >= 0.3 is 0 Å². The van der Waals surface area contributed by atoms with Crippen molar-refractivity contribution in [3.05, 3.63) is 36.3 Å². The van der Waals surface area contributed by atoms with Gasteiger partial charge in [0.1, 0.15) is 5.65 Å². The maximum atomic E-state index is 11.2. The minimum atomic E-state index is -0.336. The molecule has 0 unspecified atom stereocenters. The smallest absolute Gasteiger partial charge is 0.268 e. The third-order valence-electron chi connectivity index (χ3n) is 1.79. The number of hydrogen-bond acceptors (Lipinski definition) is 3. The van der Waals surface area contributed by atoms with Gasteiger partial charge in [-0.2, -0.15) is 0 Å². The van der Waals surface area contributed by atoms with E-state index in [2.05, 4.69) is 10.4 Å². The van der Waals surface area contributed by atoms with Gasteiger partial charge in [0, 0.05) is 18.6 Å². The van der Waals surface area contributed by atoms with Crippen molar-refractivity contribution in [3.63, 3.8) is 0 Å². The fourth-order valence-electron chi connectivity index (χ4n) is 1.20. The monoisotopic (exact) mass is 176 g/mol. The fourth-order valence-corrected chi connectivity index (χ4v) is 1.20. The van der Waals surface area contributed by atoms with Crippen LogP contribution in [0.1, 0.15) is 10.4 Å². The molecule has 5 heteroatoms. The summed E-state index contributed by atoms with van der Waals surface area (Å²) in [4.78, 5) is 15.3. The van der Waals surface area contributed by atoms with Crippen LogP contribution in [-0.4, -0.2) is 15.3 Å². The lowest BCUT2D eigenvalue weighted by Crippen LogP contribution is -2.30. The van der Waals surface area contributed by atoms with Gasteiger partial charge in [-0.3, -0.25) is 10.2 Å². The van der Waals surface area contributed by atoms with E-state index in [9.17, 15) is 4.79 Å². The lowest BCUT2D eigenvalue weighted by Gasteiger charge is -2.00. The van der Waals surface area contributed by atoms with Crippen molar-refractivity contribution in [1.82, 2.24) is 14.8 Å². The number of imidazole rings is 1. The Morgan fingerprint density at radius 2 is 2.38 bits per heavy atom. The number of nitrogen functional groups attached to an aromatic ring is 1. The number of pyridine rings is 1. The molecule has 0 spiro atoms. The first-order chi connectivity index (χ1) is 6.33. The highest BCUT2D eigenvalue weighted by Gasteiger charge is 2.08. The molecule has 2 rings (SSSR count). The number of rotatable bonds is 1. The third kappa shape index (κ3) is 1.15. The molecule has 0 bridgehead atoms. The predicted octanol–water partition coefficient (Wildman–Crippen LogP) is -0.0622. The summed E-state index contributed by atoms with van der Waals surface area (Å²) in [6, 6.07) is 3.43. The van der Waals surface area contributed by atoms with E-state index in [1.807, 2.05) is 6.20 Å². The Hall–Kier alpha value is -1.88. The van der Waals surface area contributed by atoms with E-state index < -0.39 is 0 Å². The van der Waals surface area contributed by atoms with Crippen molar-refractivity contribution in [2.24, 2.45) is 5.84 Å². The van der Waals surface area contributed by atoms with Crippen LogP contribution in [0.15, 0.2) is 30.7 Å². The Kier molecular flexibility index (Phi) is 1.71. The molecule has 2 aromatic heterocycles. The molecule has 0 saturated carbocycles. The first-order valence-corrected chi connectivity index (χ1v) is 3.75. The van der Waals surface area contributed by atoms with Crippen LogP contribution in [-0.2, 0) is 0 Å². The topological polar surface area (TPSA) is 72.4 Å². The molecule has 13 heavy (non-hydrogen) atoms. The zero-order valence-electron chi connectivity index (χ0n) is 6.77. The Morgan fingerprint density at radius 3 is 3.15 bits per heavy atom. The average molecular weight is 176 g/mol. The van der Waals surface area contributed by atoms with Gasteiger partial charge in [0.15, 0.2) is 0 Å². The van der Waals surface area contributed by atoms with Gasteiger partial charge in [-0.15, -0.1) is 0 Å². The summed E-state index contributed by atoms with van der Waals surface area (Å²) in [6.07, 6.45) is 5.21. The maximum Gasteiger partial charge on any atom is 0.268 e. The van der Waals surface area contributed by atoms with Crippen LogP contribution < -0.4 is 11.3 Å². The van der Waals surface area contributed by atoms with Gasteiger partial charge in [0.2, 0.25) is 0 Å². The molecule has 0 saturated heterocycles. The first-order valence-electron chi connectivity index (χ1n) is 3.75. The summed E-state index contributed by atoms with van der Waals surface area (Å²) in [5.41, 5.74) is 3.14. The molecule has 0 atom stereocenters. The average Bonchev–Trinajstić information content (AvgIpc) is 2.63. The van der Waals surface area contributed by atoms with Crippen molar-refractivity contribution in [3.8, 4) is 0 Å². The van der Waals surface area contributed by atoms with Crippen LogP contribution in [0.2, 0.25) is 0 Å². The van der Waals surface area contributed by atoms with E-state index in [1.165, 1.54) is 0 Å². The van der Waals surface area contributed by atoms with E-state index in [-0.39, 0.29) is 5.91 Å². The molecule has 0 aliphatic heterocycles. The van der Waals surface area contributed by atoms with Crippen molar-refractivity contribution >= 4 is 11.6 Å². The molecule has 0 radical (unpaired) electrons. The molecular formula is C8H8N4O. The zero-order valence-corrected chi connectivity index (χ0v) is 6.77. The highest BCUT2D eigenvalue weighted by molar-refractivity contribution is 5.99. The Balaban J connectivity index is 2.67. The summed E-state index contributed by atoms with van der Waals surface area (Å²) < 4.78 is 1.75. The first kappa shape index (κ1) is 7.75. The molecule has 0 aliphatic carbocycles. The number of amides is 1. The standard InChI is InChI=1S/C8H8N4O/c9-11-8(13)6-2-1-4-12-5-3-10-7(6)12/h1-5H,9H2,(H,11,13). The maximum absolute atomic E-state index is 11.2. The lowest BCUT2D eigenvalue weighted by atomic mass is 10.2. The van der Waals surface area contributed by atoms with Crippen LogP contribution in [0.3, 0.4) is 0 Å². The Labute approximate surface area is 74.2 Å². The summed E-state index contributed by atoms with van der Waals surface area (Å²) in [6.45, 7) is 0. The van der Waals surface area contributed by atoms with Gasteiger partial charge in [-0.05, 0) is 12.1 Å². The number of fused-ring (bicyclic) bond motifs is 1. The molecule has 0 fully saturated rings. The van der Waals surface area contributed by atoms with Gasteiger partial charge < -0.3 is 4.40 Å². The number of carbonyl (C=O) groups excluding carboxylic acids is 1. The number of nitrogens with one attached hydrogen (secondary N) is 1. The van der Waals surface area contributed by atoms with Crippen molar-refractivity contribution in [2.75, 3.05) is 0 Å². The molecule has 0 aliphatic rings. The minimum Gasteiger partial charge on any atom is -0.306 e. The van der Waals surface area contributed by atoms with E-state index >= 15 is 0 Å².